The minimum atomic E-state index is -0.795. The van der Waals surface area contributed by atoms with Crippen LogP contribution in [0.25, 0.3) is 0 Å². The third-order valence-electron chi connectivity index (χ3n) is 1.21. The lowest BCUT2D eigenvalue weighted by atomic mass is 10.2. The number of hydrogen-bond donors (Lipinski definition) is 0. The van der Waals surface area contributed by atoms with Gasteiger partial charge in [0.2, 0.25) is 0 Å². The lowest BCUT2D eigenvalue weighted by Gasteiger charge is -2.12. The summed E-state index contributed by atoms with van der Waals surface area (Å²) in [6, 6.07) is 0. The van der Waals surface area contributed by atoms with Gasteiger partial charge in [0.05, 0.1) is 0 Å². The number of esters is 2. The van der Waals surface area contributed by atoms with Crippen LogP contribution in [-0.2, 0) is 14.3 Å². The van der Waals surface area contributed by atoms with Gasteiger partial charge >= 0.3 is 11.9 Å². The number of ether oxygens (including phenoxy) is 1. The smallest absolute Gasteiger partial charge is 0.329 e. The summed E-state index contributed by atoms with van der Waals surface area (Å²) in [5, 5.41) is 0.730. The van der Waals surface area contributed by atoms with Crippen LogP contribution in [0.1, 0.15) is 26.7 Å². The van der Waals surface area contributed by atoms with Crippen LogP contribution in [0.5, 0.6) is 0 Å². The molecule has 13 heavy (non-hydrogen) atoms. The highest BCUT2D eigenvalue weighted by Crippen LogP contribution is 2.17. The Labute approximate surface area is 94.5 Å². The minimum Gasteiger partial charge on any atom is -0.392 e. The van der Waals surface area contributed by atoms with E-state index in [1.54, 1.807) is 13.8 Å². The lowest BCUT2D eigenvalue weighted by molar-refractivity contribution is -0.160. The average Bonchev–Trinajstić information content (AvgIpc) is 1.99. The van der Waals surface area contributed by atoms with Crippen LogP contribution in [0.3, 0.4) is 0 Å². The van der Waals surface area contributed by atoms with E-state index in [4.69, 9.17) is 0 Å². The first-order chi connectivity index (χ1) is 5.88. The van der Waals surface area contributed by atoms with E-state index in [9.17, 15) is 9.59 Å². The molecule has 0 aromatic carbocycles. The van der Waals surface area contributed by atoms with Gasteiger partial charge in [0, 0.05) is 11.8 Å². The molecule has 5 heteroatoms. The third kappa shape index (κ3) is 6.21. The van der Waals surface area contributed by atoms with E-state index in [0.717, 1.165) is 5.33 Å². The molecule has 0 radical (unpaired) electrons. The van der Waals surface area contributed by atoms with Gasteiger partial charge in [-0.05, 0) is 20.3 Å². The van der Waals surface area contributed by atoms with Gasteiger partial charge < -0.3 is 4.74 Å². The highest BCUT2D eigenvalue weighted by Gasteiger charge is 2.27. The Morgan fingerprint density at radius 2 is 1.92 bits per heavy atom. The zero-order valence-electron chi connectivity index (χ0n) is 7.60. The summed E-state index contributed by atoms with van der Waals surface area (Å²) in [6.45, 7) is 3.26. The fourth-order valence-electron chi connectivity index (χ4n) is 0.487. The maximum absolute atomic E-state index is 11.1. The number of carbonyl (C=O) groups is 2. The van der Waals surface area contributed by atoms with E-state index in [1.165, 1.54) is 0 Å². The van der Waals surface area contributed by atoms with Crippen molar-refractivity contribution in [3.8, 4) is 0 Å². The molecule has 0 bridgehead atoms. The van der Waals surface area contributed by atoms with Gasteiger partial charge in [-0.25, -0.2) is 0 Å². The van der Waals surface area contributed by atoms with Crippen molar-refractivity contribution in [2.75, 3.05) is 5.33 Å². The van der Waals surface area contributed by atoms with Crippen molar-refractivity contribution in [2.45, 2.75) is 31.0 Å². The molecule has 0 rings (SSSR count). The highest BCUT2D eigenvalue weighted by molar-refractivity contribution is 9.10. The molecule has 0 aliphatic carbocycles. The van der Waals surface area contributed by atoms with Crippen LogP contribution < -0.4 is 0 Å². The molecule has 0 unspecified atom stereocenters. The Morgan fingerprint density at radius 1 is 1.38 bits per heavy atom. The predicted octanol–water partition coefficient (Wildman–Crippen LogP) is 2.40. The van der Waals surface area contributed by atoms with Gasteiger partial charge in [0.15, 0.2) is 0 Å². The second-order valence-corrected chi connectivity index (χ2v) is 5.80. The molecule has 0 saturated heterocycles. The molecule has 0 aliphatic rings. The van der Waals surface area contributed by atoms with Gasteiger partial charge in [-0.3, -0.25) is 9.59 Å². The van der Waals surface area contributed by atoms with Crippen molar-refractivity contribution in [3.63, 3.8) is 0 Å². The zero-order chi connectivity index (χ0) is 10.5. The number of carbonyl (C=O) groups excluding carboxylic acids is 2. The monoisotopic (exact) mass is 314 g/mol. The van der Waals surface area contributed by atoms with Gasteiger partial charge in [0.25, 0.3) is 0 Å². The van der Waals surface area contributed by atoms with Crippen molar-refractivity contribution >= 4 is 43.8 Å². The number of hydrogen-bond acceptors (Lipinski definition) is 3. The molecule has 0 atom stereocenters. The second kappa shape index (κ2) is 5.75. The normalized spacial score (nSPS) is 11.1. The van der Waals surface area contributed by atoms with E-state index in [1.807, 2.05) is 0 Å². The van der Waals surface area contributed by atoms with Crippen LogP contribution in [0.4, 0.5) is 0 Å². The standard InChI is InChI=1S/C8H12Br2O3/c1-8(2,10)7(12)13-6(11)4-3-5-9/h3-5H2,1-2H3. The number of halogens is 2. The summed E-state index contributed by atoms with van der Waals surface area (Å²) in [6.07, 6.45) is 0.939. The van der Waals surface area contributed by atoms with E-state index in [2.05, 4.69) is 36.6 Å². The zero-order valence-corrected chi connectivity index (χ0v) is 10.8. The van der Waals surface area contributed by atoms with Crippen LogP contribution >= 0.6 is 31.9 Å². The molecule has 0 aromatic heterocycles. The van der Waals surface area contributed by atoms with Crippen LogP contribution in [0.2, 0.25) is 0 Å². The van der Waals surface area contributed by atoms with E-state index in [0.29, 0.717) is 6.42 Å². The lowest BCUT2D eigenvalue weighted by Crippen LogP contribution is -2.28. The molecule has 0 N–H and O–H groups in total. The topological polar surface area (TPSA) is 43.4 Å². The second-order valence-electron chi connectivity index (χ2n) is 3.03. The quantitative estimate of drug-likeness (QED) is 0.454. The summed E-state index contributed by atoms with van der Waals surface area (Å²) >= 11 is 6.29. The minimum absolute atomic E-state index is 0.264. The van der Waals surface area contributed by atoms with E-state index in [-0.39, 0.29) is 6.42 Å². The average molecular weight is 316 g/mol. The van der Waals surface area contributed by atoms with Crippen LogP contribution in [0.15, 0.2) is 0 Å². The van der Waals surface area contributed by atoms with Gasteiger partial charge in [-0.2, -0.15) is 0 Å². The Balaban J connectivity index is 3.86. The molecule has 0 aliphatic heterocycles. The van der Waals surface area contributed by atoms with E-state index < -0.39 is 16.3 Å². The van der Waals surface area contributed by atoms with Crippen LogP contribution in [0, 0.1) is 0 Å². The Bertz CT molecular complexity index is 196. The Kier molecular flexibility index (Phi) is 5.80. The molecule has 0 heterocycles. The van der Waals surface area contributed by atoms with Crippen molar-refractivity contribution in [1.29, 1.82) is 0 Å². The summed E-state index contributed by atoms with van der Waals surface area (Å²) in [5.74, 6) is -1.02. The fraction of sp³-hybridized carbons (Fsp3) is 0.750. The van der Waals surface area contributed by atoms with Crippen LogP contribution in [-0.4, -0.2) is 21.6 Å². The van der Waals surface area contributed by atoms with Crippen molar-refractivity contribution in [3.05, 3.63) is 0 Å². The van der Waals surface area contributed by atoms with Gasteiger partial charge in [-0.1, -0.05) is 31.9 Å². The van der Waals surface area contributed by atoms with Crippen molar-refractivity contribution in [2.24, 2.45) is 0 Å². The number of alkyl halides is 2. The van der Waals surface area contributed by atoms with Crippen molar-refractivity contribution in [1.82, 2.24) is 0 Å². The Morgan fingerprint density at radius 3 is 2.31 bits per heavy atom. The largest absolute Gasteiger partial charge is 0.392 e. The first kappa shape index (κ1) is 13.1. The third-order valence-corrected chi connectivity index (χ3v) is 2.09. The molecule has 0 saturated carbocycles. The highest BCUT2D eigenvalue weighted by atomic mass is 79.9. The van der Waals surface area contributed by atoms with Crippen molar-refractivity contribution < 1.29 is 14.3 Å². The maximum atomic E-state index is 11.1. The van der Waals surface area contributed by atoms with Gasteiger partial charge in [-0.15, -0.1) is 0 Å². The summed E-state index contributed by atoms with van der Waals surface area (Å²) in [7, 11) is 0. The molecule has 0 fully saturated rings. The molecule has 0 spiro atoms. The summed E-state index contributed by atoms with van der Waals surface area (Å²) in [5.41, 5.74) is 0. The summed E-state index contributed by atoms with van der Waals surface area (Å²) in [4.78, 5) is 22.1. The molecular formula is C8H12Br2O3. The Hall–Kier alpha value is 0.1000. The summed E-state index contributed by atoms with van der Waals surface area (Å²) < 4.78 is 3.78. The SMILES string of the molecule is CC(C)(Br)C(=O)OC(=O)CCCBr. The molecule has 3 nitrogen and oxygen atoms in total. The number of rotatable bonds is 4. The maximum Gasteiger partial charge on any atom is 0.329 e. The molecule has 0 aromatic rings. The van der Waals surface area contributed by atoms with E-state index >= 15 is 0 Å². The first-order valence-corrected chi connectivity index (χ1v) is 5.79. The first-order valence-electron chi connectivity index (χ1n) is 3.88. The molecule has 76 valence electrons. The fourth-order valence-corrected chi connectivity index (χ4v) is 0.848. The molecular weight excluding hydrogens is 304 g/mol. The van der Waals surface area contributed by atoms with Gasteiger partial charge in [0.1, 0.15) is 4.32 Å². The predicted molar refractivity (Wildman–Crippen MR) is 57.1 cm³/mol. The molecule has 0 amide bonds.